The van der Waals surface area contributed by atoms with Gasteiger partial charge in [0.25, 0.3) is 5.69 Å². The number of anilines is 2. The molecule has 2 aliphatic rings. The summed E-state index contributed by atoms with van der Waals surface area (Å²) in [6.07, 6.45) is 7.49. The predicted molar refractivity (Wildman–Crippen MR) is 82.8 cm³/mol. The molecule has 0 spiro atoms. The number of nitro groups is 1. The van der Waals surface area contributed by atoms with Gasteiger partial charge in [-0.15, -0.1) is 0 Å². The molecule has 3 rings (SSSR count). The predicted octanol–water partition coefficient (Wildman–Crippen LogP) is 3.19. The van der Waals surface area contributed by atoms with Gasteiger partial charge in [-0.2, -0.15) is 0 Å². The van der Waals surface area contributed by atoms with Crippen LogP contribution in [0.4, 0.5) is 17.3 Å². The van der Waals surface area contributed by atoms with E-state index in [1.54, 1.807) is 13.1 Å². The molecule has 0 bridgehead atoms. The number of piperidine rings is 1. The molecule has 1 aromatic rings. The Morgan fingerprint density at radius 2 is 2.05 bits per heavy atom. The van der Waals surface area contributed by atoms with Gasteiger partial charge in [-0.05, 0) is 31.6 Å². The van der Waals surface area contributed by atoms with E-state index in [1.807, 2.05) is 0 Å². The van der Waals surface area contributed by atoms with Crippen molar-refractivity contribution in [2.24, 2.45) is 5.92 Å². The number of nitrogens with one attached hydrogen (secondary N) is 1. The molecule has 0 amide bonds. The quantitative estimate of drug-likeness (QED) is 0.683. The maximum atomic E-state index is 11.1. The van der Waals surface area contributed by atoms with E-state index >= 15 is 0 Å². The smallest absolute Gasteiger partial charge is 0.276 e. The largest absolute Gasteiger partial charge is 0.373 e. The summed E-state index contributed by atoms with van der Waals surface area (Å²) in [6.45, 7) is 0.957. The van der Waals surface area contributed by atoms with E-state index in [0.717, 1.165) is 24.7 Å². The van der Waals surface area contributed by atoms with Crippen molar-refractivity contribution < 1.29 is 4.92 Å². The van der Waals surface area contributed by atoms with Gasteiger partial charge in [-0.1, -0.05) is 12.8 Å². The van der Waals surface area contributed by atoms with E-state index in [0.29, 0.717) is 11.9 Å². The Balaban J connectivity index is 1.94. The second-order valence-corrected chi connectivity index (χ2v) is 6.02. The van der Waals surface area contributed by atoms with E-state index in [1.165, 1.54) is 38.2 Å². The van der Waals surface area contributed by atoms with Gasteiger partial charge in [-0.3, -0.25) is 10.1 Å². The highest BCUT2D eigenvalue weighted by atomic mass is 16.6. The molecule has 1 N–H and O–H groups in total. The number of aromatic nitrogens is 1. The first-order chi connectivity index (χ1) is 10.2. The highest BCUT2D eigenvalue weighted by Crippen LogP contribution is 2.38. The Hall–Kier alpha value is -1.85. The van der Waals surface area contributed by atoms with Gasteiger partial charge in [0, 0.05) is 19.6 Å². The third-order valence-corrected chi connectivity index (χ3v) is 4.80. The van der Waals surface area contributed by atoms with Crippen LogP contribution in [0.15, 0.2) is 12.1 Å². The van der Waals surface area contributed by atoms with Gasteiger partial charge in [0.2, 0.25) is 0 Å². The Morgan fingerprint density at radius 3 is 2.81 bits per heavy atom. The number of fused-ring (bicyclic) bond motifs is 1. The minimum absolute atomic E-state index is 0.113. The van der Waals surface area contributed by atoms with Crippen LogP contribution < -0.4 is 10.2 Å². The summed E-state index contributed by atoms with van der Waals surface area (Å²) in [7, 11) is 1.75. The van der Waals surface area contributed by atoms with Crippen molar-refractivity contribution in [1.82, 2.24) is 4.98 Å². The Bertz CT molecular complexity index is 532. The van der Waals surface area contributed by atoms with Crippen LogP contribution in [0.2, 0.25) is 0 Å². The molecule has 2 atom stereocenters. The second-order valence-electron chi connectivity index (χ2n) is 6.02. The van der Waals surface area contributed by atoms with E-state index in [4.69, 9.17) is 0 Å². The summed E-state index contributed by atoms with van der Waals surface area (Å²) in [6, 6.07) is 3.62. The molecule has 1 saturated carbocycles. The van der Waals surface area contributed by atoms with E-state index in [-0.39, 0.29) is 10.6 Å². The van der Waals surface area contributed by atoms with Crippen LogP contribution in [-0.2, 0) is 0 Å². The molecule has 2 heterocycles. The fourth-order valence-electron chi connectivity index (χ4n) is 3.79. The van der Waals surface area contributed by atoms with Crippen LogP contribution in [0, 0.1) is 16.0 Å². The van der Waals surface area contributed by atoms with E-state index < -0.39 is 0 Å². The van der Waals surface area contributed by atoms with Crippen LogP contribution in [0.3, 0.4) is 0 Å². The van der Waals surface area contributed by atoms with Gasteiger partial charge in [-0.25, -0.2) is 4.98 Å². The topological polar surface area (TPSA) is 71.3 Å². The summed E-state index contributed by atoms with van der Waals surface area (Å²) in [5.74, 6) is 2.05. The molecule has 1 aliphatic carbocycles. The molecule has 6 heteroatoms. The summed E-state index contributed by atoms with van der Waals surface area (Å²) >= 11 is 0. The SMILES string of the molecule is CNc1cc([N+](=O)[O-])cc(N2CCCC3CCCCC32)n1. The molecule has 2 fully saturated rings. The maximum absolute atomic E-state index is 11.1. The Labute approximate surface area is 124 Å². The zero-order valence-electron chi connectivity index (χ0n) is 12.4. The molecule has 1 aromatic heterocycles. The fraction of sp³-hybridized carbons (Fsp3) is 0.667. The normalized spacial score (nSPS) is 25.3. The van der Waals surface area contributed by atoms with Gasteiger partial charge >= 0.3 is 0 Å². The van der Waals surface area contributed by atoms with Crippen molar-refractivity contribution in [1.29, 1.82) is 0 Å². The van der Waals surface area contributed by atoms with Gasteiger partial charge in [0.05, 0.1) is 17.1 Å². The standard InChI is InChI=1S/C15H22N4O2/c1-16-14-9-12(19(20)21)10-15(17-14)18-8-4-6-11-5-2-3-7-13(11)18/h9-11,13H,2-8H2,1H3,(H,16,17). The highest BCUT2D eigenvalue weighted by Gasteiger charge is 2.34. The molecular weight excluding hydrogens is 268 g/mol. The molecule has 0 aromatic carbocycles. The first kappa shape index (κ1) is 14.1. The van der Waals surface area contributed by atoms with Crippen molar-refractivity contribution >= 4 is 17.3 Å². The molecule has 1 aliphatic heterocycles. The van der Waals surface area contributed by atoms with Crippen LogP contribution in [-0.4, -0.2) is 29.5 Å². The van der Waals surface area contributed by atoms with Crippen molar-refractivity contribution in [3.05, 3.63) is 22.2 Å². The number of hydrogen-bond donors (Lipinski definition) is 1. The van der Waals surface area contributed by atoms with Crippen molar-refractivity contribution in [2.45, 2.75) is 44.6 Å². The van der Waals surface area contributed by atoms with Gasteiger partial charge in [0.15, 0.2) is 0 Å². The lowest BCUT2D eigenvalue weighted by molar-refractivity contribution is -0.384. The lowest BCUT2D eigenvalue weighted by Gasteiger charge is -2.44. The van der Waals surface area contributed by atoms with E-state index in [2.05, 4.69) is 15.2 Å². The Kier molecular flexibility index (Phi) is 3.94. The fourth-order valence-corrected chi connectivity index (χ4v) is 3.79. The van der Waals surface area contributed by atoms with E-state index in [9.17, 15) is 10.1 Å². The van der Waals surface area contributed by atoms with Crippen LogP contribution in [0.25, 0.3) is 0 Å². The molecule has 1 saturated heterocycles. The number of hydrogen-bond acceptors (Lipinski definition) is 5. The van der Waals surface area contributed by atoms with Gasteiger partial charge in [0.1, 0.15) is 11.6 Å². The van der Waals surface area contributed by atoms with Gasteiger partial charge < -0.3 is 10.2 Å². The summed E-state index contributed by atoms with van der Waals surface area (Å²) in [5, 5.41) is 14.0. The van der Waals surface area contributed by atoms with Crippen LogP contribution >= 0.6 is 0 Å². The molecule has 21 heavy (non-hydrogen) atoms. The van der Waals surface area contributed by atoms with Crippen LogP contribution in [0.5, 0.6) is 0 Å². The monoisotopic (exact) mass is 290 g/mol. The highest BCUT2D eigenvalue weighted by molar-refractivity contribution is 5.56. The molecule has 2 unspecified atom stereocenters. The number of pyridine rings is 1. The second kappa shape index (κ2) is 5.87. The van der Waals surface area contributed by atoms with Crippen molar-refractivity contribution in [3.63, 3.8) is 0 Å². The molecule has 114 valence electrons. The number of nitrogens with zero attached hydrogens (tertiary/aromatic N) is 3. The molecular formula is C15H22N4O2. The Morgan fingerprint density at radius 1 is 1.29 bits per heavy atom. The summed E-state index contributed by atoms with van der Waals surface area (Å²) in [5.41, 5.74) is 0.113. The average Bonchev–Trinajstić information content (AvgIpc) is 2.53. The first-order valence-electron chi connectivity index (χ1n) is 7.80. The number of rotatable bonds is 3. The zero-order valence-corrected chi connectivity index (χ0v) is 12.4. The zero-order chi connectivity index (χ0) is 14.8. The first-order valence-corrected chi connectivity index (χ1v) is 7.80. The van der Waals surface area contributed by atoms with Crippen LogP contribution in [0.1, 0.15) is 38.5 Å². The summed E-state index contributed by atoms with van der Waals surface area (Å²) in [4.78, 5) is 17.6. The lowest BCUT2D eigenvalue weighted by atomic mass is 9.78. The summed E-state index contributed by atoms with van der Waals surface area (Å²) < 4.78 is 0. The van der Waals surface area contributed by atoms with Crippen molar-refractivity contribution in [2.75, 3.05) is 23.8 Å². The lowest BCUT2D eigenvalue weighted by Crippen LogP contribution is -2.47. The third kappa shape index (κ3) is 2.80. The minimum Gasteiger partial charge on any atom is -0.373 e. The minimum atomic E-state index is -0.339. The maximum Gasteiger partial charge on any atom is 0.276 e. The molecule has 6 nitrogen and oxygen atoms in total. The third-order valence-electron chi connectivity index (χ3n) is 4.80. The van der Waals surface area contributed by atoms with Crippen molar-refractivity contribution in [3.8, 4) is 0 Å². The average molecular weight is 290 g/mol. The molecule has 0 radical (unpaired) electrons.